The molecule has 11 heteroatoms. The van der Waals surface area contributed by atoms with Crippen molar-refractivity contribution in [3.63, 3.8) is 0 Å². The van der Waals surface area contributed by atoms with E-state index in [9.17, 15) is 13.2 Å². The molecule has 0 spiro atoms. The number of imidazole rings is 1. The number of unbranched alkanes of at least 4 members (excludes halogenated alkanes) is 1. The maximum atomic E-state index is 13.2. The number of nitrogens with zero attached hydrogens (tertiary/aromatic N) is 5. The van der Waals surface area contributed by atoms with Gasteiger partial charge in [0.05, 0.1) is 27.0 Å². The van der Waals surface area contributed by atoms with Gasteiger partial charge in [0.15, 0.2) is 0 Å². The fourth-order valence-corrected chi connectivity index (χ4v) is 5.65. The fourth-order valence-electron chi connectivity index (χ4n) is 5.39. The van der Waals surface area contributed by atoms with Crippen LogP contribution < -0.4 is 5.32 Å². The van der Waals surface area contributed by atoms with Gasteiger partial charge in [-0.2, -0.15) is 13.2 Å². The number of hydrogen-bond donors (Lipinski definition) is 2. The van der Waals surface area contributed by atoms with E-state index in [1.54, 1.807) is 6.33 Å². The van der Waals surface area contributed by atoms with E-state index in [1.165, 1.54) is 18.9 Å². The SMILES string of the molecule is CC[C@@H](CCn1ccc2c(NC3CC3)ncnc21)CN(CCCCc1nc2cc(Cl)c(C(F)(F)F)cc2[nH]1)C(C)C. The van der Waals surface area contributed by atoms with Gasteiger partial charge in [-0.15, -0.1) is 0 Å². The van der Waals surface area contributed by atoms with Gasteiger partial charge in [0.1, 0.15) is 23.6 Å². The summed E-state index contributed by atoms with van der Waals surface area (Å²) in [6, 6.07) is 5.43. The first kappa shape index (κ1) is 29.6. The molecule has 7 nitrogen and oxygen atoms in total. The zero-order chi connectivity index (χ0) is 29.1. The van der Waals surface area contributed by atoms with Crippen LogP contribution in [-0.4, -0.2) is 54.6 Å². The van der Waals surface area contributed by atoms with Crippen molar-refractivity contribution in [2.24, 2.45) is 5.92 Å². The number of nitrogens with one attached hydrogen (secondary N) is 2. The Morgan fingerprint density at radius 2 is 2.00 bits per heavy atom. The number of halogens is 4. The number of fused-ring (bicyclic) bond motifs is 2. The molecule has 2 N–H and O–H groups in total. The molecule has 1 atom stereocenters. The van der Waals surface area contributed by atoms with E-state index in [2.05, 4.69) is 67.8 Å². The smallest absolute Gasteiger partial charge is 0.367 e. The highest BCUT2D eigenvalue weighted by Gasteiger charge is 2.33. The number of alkyl halides is 3. The van der Waals surface area contributed by atoms with Crippen molar-refractivity contribution in [2.45, 2.75) is 90.5 Å². The molecular formula is C30H39ClF3N7. The second-order valence-electron chi connectivity index (χ2n) is 11.5. The molecule has 222 valence electrons. The van der Waals surface area contributed by atoms with Gasteiger partial charge in [-0.25, -0.2) is 15.0 Å². The zero-order valence-corrected chi connectivity index (χ0v) is 24.7. The van der Waals surface area contributed by atoms with Crippen molar-refractivity contribution in [3.8, 4) is 0 Å². The van der Waals surface area contributed by atoms with Gasteiger partial charge in [-0.05, 0) is 76.6 Å². The average molecular weight is 590 g/mol. The molecule has 1 saturated carbocycles. The van der Waals surface area contributed by atoms with Crippen molar-refractivity contribution >= 4 is 39.5 Å². The summed E-state index contributed by atoms with van der Waals surface area (Å²) in [5.41, 5.74) is 0.975. The predicted molar refractivity (Wildman–Crippen MR) is 158 cm³/mol. The monoisotopic (exact) mass is 589 g/mol. The summed E-state index contributed by atoms with van der Waals surface area (Å²) in [6.45, 7) is 9.64. The molecule has 0 aliphatic heterocycles. The van der Waals surface area contributed by atoms with Crippen LogP contribution in [0.4, 0.5) is 19.0 Å². The Morgan fingerprint density at radius 3 is 2.71 bits per heavy atom. The van der Waals surface area contributed by atoms with Gasteiger partial charge in [0.2, 0.25) is 0 Å². The number of aryl methyl sites for hydroxylation is 2. The second kappa shape index (κ2) is 12.6. The molecule has 5 rings (SSSR count). The largest absolute Gasteiger partial charge is 0.417 e. The molecule has 1 fully saturated rings. The van der Waals surface area contributed by atoms with Crippen LogP contribution in [0, 0.1) is 5.92 Å². The standard InChI is InChI=1S/C30H39ClF3N7/c1-4-20(10-13-40-14-11-22-28(37-21-8-9-21)35-18-36-29(22)40)17-41(19(2)3)12-6-5-7-27-38-25-15-23(30(32,33)34)24(31)16-26(25)39-27/h11,14-16,18-21H,4-10,12-13,17H2,1-3H3,(H,38,39)(H,35,36,37)/t20-/m0/s1. The van der Waals surface area contributed by atoms with Crippen molar-refractivity contribution in [1.29, 1.82) is 0 Å². The van der Waals surface area contributed by atoms with Gasteiger partial charge >= 0.3 is 6.18 Å². The van der Waals surface area contributed by atoms with Gasteiger partial charge in [0, 0.05) is 37.8 Å². The average Bonchev–Trinajstić information content (AvgIpc) is 3.49. The molecule has 0 saturated heterocycles. The van der Waals surface area contributed by atoms with E-state index in [1.807, 2.05) is 0 Å². The van der Waals surface area contributed by atoms with Crippen LogP contribution in [0.15, 0.2) is 30.7 Å². The van der Waals surface area contributed by atoms with Crippen LogP contribution in [-0.2, 0) is 19.1 Å². The fraction of sp³-hybridized carbons (Fsp3) is 0.567. The summed E-state index contributed by atoms with van der Waals surface area (Å²) in [4.78, 5) is 19.1. The highest BCUT2D eigenvalue weighted by Crippen LogP contribution is 2.36. The zero-order valence-electron chi connectivity index (χ0n) is 23.9. The molecule has 4 aromatic rings. The number of aromatic nitrogens is 5. The predicted octanol–water partition coefficient (Wildman–Crippen LogP) is 7.70. The minimum atomic E-state index is -4.49. The van der Waals surface area contributed by atoms with E-state index in [-0.39, 0.29) is 5.02 Å². The van der Waals surface area contributed by atoms with Gasteiger partial charge in [-0.1, -0.05) is 24.9 Å². The highest BCUT2D eigenvalue weighted by molar-refractivity contribution is 6.32. The van der Waals surface area contributed by atoms with E-state index in [0.29, 0.717) is 41.3 Å². The van der Waals surface area contributed by atoms with Crippen LogP contribution in [0.1, 0.15) is 70.7 Å². The van der Waals surface area contributed by atoms with Crippen LogP contribution in [0.5, 0.6) is 0 Å². The summed E-state index contributed by atoms with van der Waals surface area (Å²) in [7, 11) is 0. The normalized spacial score (nSPS) is 15.0. The first-order valence-electron chi connectivity index (χ1n) is 14.7. The lowest BCUT2D eigenvalue weighted by Gasteiger charge is -2.30. The van der Waals surface area contributed by atoms with Crippen LogP contribution in [0.3, 0.4) is 0 Å². The van der Waals surface area contributed by atoms with Crippen LogP contribution >= 0.6 is 11.6 Å². The van der Waals surface area contributed by atoms with E-state index in [0.717, 1.165) is 68.2 Å². The van der Waals surface area contributed by atoms with Crippen LogP contribution in [0.25, 0.3) is 22.1 Å². The van der Waals surface area contributed by atoms with Crippen LogP contribution in [0.2, 0.25) is 5.02 Å². The quantitative estimate of drug-likeness (QED) is 0.147. The first-order chi connectivity index (χ1) is 19.6. The van der Waals surface area contributed by atoms with E-state index in [4.69, 9.17) is 11.6 Å². The Balaban J connectivity index is 1.12. The van der Waals surface area contributed by atoms with Crippen molar-refractivity contribution in [3.05, 3.63) is 47.1 Å². The van der Waals surface area contributed by atoms with E-state index >= 15 is 0 Å². The number of rotatable bonds is 14. The summed E-state index contributed by atoms with van der Waals surface area (Å²) in [5.74, 6) is 2.19. The number of H-pyrrole nitrogens is 1. The third-order valence-corrected chi connectivity index (χ3v) is 8.40. The third-order valence-electron chi connectivity index (χ3n) is 8.09. The number of aromatic amines is 1. The van der Waals surface area contributed by atoms with Crippen molar-refractivity contribution in [2.75, 3.05) is 18.4 Å². The Hall–Kier alpha value is -2.85. The molecule has 0 unspecified atom stereocenters. The first-order valence-corrected chi connectivity index (χ1v) is 15.1. The Morgan fingerprint density at radius 1 is 1.20 bits per heavy atom. The second-order valence-corrected chi connectivity index (χ2v) is 11.9. The molecule has 41 heavy (non-hydrogen) atoms. The molecular weight excluding hydrogens is 551 g/mol. The van der Waals surface area contributed by atoms with Gasteiger partial charge < -0.3 is 19.8 Å². The lowest BCUT2D eigenvalue weighted by Crippen LogP contribution is -2.36. The maximum absolute atomic E-state index is 13.2. The summed E-state index contributed by atoms with van der Waals surface area (Å²) in [5, 5.41) is 4.28. The third kappa shape index (κ3) is 7.33. The van der Waals surface area contributed by atoms with Crippen molar-refractivity contribution in [1.82, 2.24) is 29.4 Å². The minimum absolute atomic E-state index is 0.324. The van der Waals surface area contributed by atoms with Gasteiger partial charge in [-0.3, -0.25) is 0 Å². The van der Waals surface area contributed by atoms with E-state index < -0.39 is 11.7 Å². The highest BCUT2D eigenvalue weighted by atomic mass is 35.5. The molecule has 1 aliphatic carbocycles. The Kier molecular flexibility index (Phi) is 9.09. The minimum Gasteiger partial charge on any atom is -0.367 e. The number of hydrogen-bond acceptors (Lipinski definition) is 5. The molecule has 0 bridgehead atoms. The summed E-state index contributed by atoms with van der Waals surface area (Å²) >= 11 is 5.85. The molecule has 3 aromatic heterocycles. The summed E-state index contributed by atoms with van der Waals surface area (Å²) in [6.07, 6.45) is 6.43. The number of benzene rings is 1. The Labute approximate surface area is 243 Å². The molecule has 1 aliphatic rings. The lowest BCUT2D eigenvalue weighted by molar-refractivity contribution is -0.137. The van der Waals surface area contributed by atoms with Gasteiger partial charge in [0.25, 0.3) is 0 Å². The molecule has 0 radical (unpaired) electrons. The lowest BCUT2D eigenvalue weighted by atomic mass is 10.0. The summed E-state index contributed by atoms with van der Waals surface area (Å²) < 4.78 is 41.8. The Bertz CT molecular complexity index is 1460. The topological polar surface area (TPSA) is 74.7 Å². The molecule has 1 aromatic carbocycles. The molecule has 0 amide bonds. The van der Waals surface area contributed by atoms with Crippen molar-refractivity contribution < 1.29 is 13.2 Å². The maximum Gasteiger partial charge on any atom is 0.417 e. The molecule has 3 heterocycles. The number of anilines is 1.